The summed E-state index contributed by atoms with van der Waals surface area (Å²) in [5.41, 5.74) is 0. The molecule has 0 atom stereocenters. The molecule has 12 heavy (non-hydrogen) atoms. The zero-order chi connectivity index (χ0) is 9.61. The molecule has 0 aromatic heterocycles. The zero-order valence-corrected chi connectivity index (χ0v) is 8.11. The van der Waals surface area contributed by atoms with Crippen molar-refractivity contribution in [2.45, 2.75) is 19.5 Å². The van der Waals surface area contributed by atoms with Gasteiger partial charge in [0.15, 0.2) is 0 Å². The maximum Gasteiger partial charge on any atom is 0.390 e. The zero-order valence-electron chi connectivity index (χ0n) is 6.53. The third-order valence-corrected chi connectivity index (χ3v) is 1.20. The lowest BCUT2D eigenvalue weighted by molar-refractivity contribution is -0.132. The molecule has 0 rings (SSSR count). The molecule has 0 fully saturated rings. The van der Waals surface area contributed by atoms with Gasteiger partial charge in [0.25, 0.3) is 0 Å². The van der Waals surface area contributed by atoms with Crippen LogP contribution in [0.25, 0.3) is 0 Å². The molecule has 0 saturated carbocycles. The van der Waals surface area contributed by atoms with Gasteiger partial charge in [0.1, 0.15) is 0 Å². The van der Waals surface area contributed by atoms with Crippen LogP contribution in [0.15, 0.2) is 15.6 Å². The Hall–Kier alpha value is -0.320. The van der Waals surface area contributed by atoms with Gasteiger partial charge in [-0.05, 0) is 17.5 Å². The summed E-state index contributed by atoms with van der Waals surface area (Å²) in [5, 5.41) is 0. The summed E-state index contributed by atoms with van der Waals surface area (Å²) in [7, 11) is 0. The van der Waals surface area contributed by atoms with Crippen LogP contribution in [0.5, 0.6) is 0 Å². The smallest absolute Gasteiger partial charge is 0.293 e. The Kier molecular flexibility index (Phi) is 5.20. The topological polar surface area (TPSA) is 12.4 Å². The first-order valence-electron chi connectivity index (χ1n) is 3.31. The molecular weight excluding hydrogens is 235 g/mol. The molecule has 70 valence electrons. The van der Waals surface area contributed by atoms with E-state index < -0.39 is 12.6 Å². The Labute approximate surface area is 77.5 Å². The van der Waals surface area contributed by atoms with Crippen molar-refractivity contribution in [3.8, 4) is 0 Å². The van der Waals surface area contributed by atoms with Crippen molar-refractivity contribution in [3.05, 3.63) is 10.6 Å². The van der Waals surface area contributed by atoms with Crippen molar-refractivity contribution in [2.24, 2.45) is 4.99 Å². The van der Waals surface area contributed by atoms with E-state index in [4.69, 9.17) is 0 Å². The fraction of sp³-hybridized carbons (Fsp3) is 0.571. The Morgan fingerprint density at radius 2 is 2.08 bits per heavy atom. The molecule has 0 aromatic carbocycles. The summed E-state index contributed by atoms with van der Waals surface area (Å²) in [6.45, 7) is 1.57. The summed E-state index contributed by atoms with van der Waals surface area (Å²) in [6.07, 6.45) is -2.02. The van der Waals surface area contributed by atoms with E-state index >= 15 is 0 Å². The highest BCUT2D eigenvalue weighted by Gasteiger charge is 2.25. The normalized spacial score (nSPS) is 14.2. The van der Waals surface area contributed by atoms with Crippen molar-refractivity contribution in [1.29, 1.82) is 0 Å². The number of alkyl halides is 3. The Balaban J connectivity index is 3.57. The van der Waals surface area contributed by atoms with Gasteiger partial charge in [-0.2, -0.15) is 13.2 Å². The van der Waals surface area contributed by atoms with E-state index in [0.717, 1.165) is 4.48 Å². The van der Waals surface area contributed by atoms with Crippen LogP contribution in [0.3, 0.4) is 0 Å². The van der Waals surface area contributed by atoms with E-state index in [0.29, 0.717) is 0 Å². The average Bonchev–Trinajstić information content (AvgIpc) is 1.83. The summed E-state index contributed by atoms with van der Waals surface area (Å²) in [6, 6.07) is 0. The second-order valence-electron chi connectivity index (χ2n) is 2.17. The summed E-state index contributed by atoms with van der Waals surface area (Å²) in [4.78, 5) is 3.55. The number of allylic oxidation sites excluding steroid dienone is 2. The van der Waals surface area contributed by atoms with E-state index in [1.54, 1.807) is 13.0 Å². The van der Waals surface area contributed by atoms with Crippen molar-refractivity contribution < 1.29 is 13.2 Å². The average molecular weight is 244 g/mol. The predicted octanol–water partition coefficient (Wildman–Crippen LogP) is 3.31. The standard InChI is InChI=1S/C7H9BrF3N/c1-6(8)2-4-12-5-3-7(9,10)11/h2,4H,3,5H2,1H3/b6-2+,12-4?. The Morgan fingerprint density at radius 1 is 1.50 bits per heavy atom. The van der Waals surface area contributed by atoms with Crippen molar-refractivity contribution in [3.63, 3.8) is 0 Å². The number of aliphatic imine (C=N–C) groups is 1. The van der Waals surface area contributed by atoms with Crippen LogP contribution >= 0.6 is 15.9 Å². The molecule has 0 aromatic rings. The van der Waals surface area contributed by atoms with Gasteiger partial charge in [-0.15, -0.1) is 0 Å². The number of hydrogen-bond acceptors (Lipinski definition) is 1. The third-order valence-electron chi connectivity index (χ3n) is 0.934. The number of hydrogen-bond donors (Lipinski definition) is 0. The van der Waals surface area contributed by atoms with E-state index in [1.807, 2.05) is 0 Å². The SMILES string of the molecule is C/C(Br)=C\C=NCCC(F)(F)F. The van der Waals surface area contributed by atoms with Crippen LogP contribution in [0.2, 0.25) is 0 Å². The maximum absolute atomic E-state index is 11.5. The summed E-state index contributed by atoms with van der Waals surface area (Å²) in [5.74, 6) is 0. The van der Waals surface area contributed by atoms with Crippen LogP contribution in [-0.2, 0) is 0 Å². The quantitative estimate of drug-likeness (QED) is 0.675. The minimum absolute atomic E-state index is 0.208. The fourth-order valence-electron chi connectivity index (χ4n) is 0.421. The fourth-order valence-corrected chi connectivity index (χ4v) is 0.539. The third kappa shape index (κ3) is 9.68. The Bertz CT molecular complexity index is 180. The Morgan fingerprint density at radius 3 is 2.50 bits per heavy atom. The molecule has 0 aliphatic carbocycles. The highest BCUT2D eigenvalue weighted by Crippen LogP contribution is 2.18. The highest BCUT2D eigenvalue weighted by atomic mass is 79.9. The van der Waals surface area contributed by atoms with Crippen molar-refractivity contribution in [2.75, 3.05) is 6.54 Å². The first kappa shape index (κ1) is 11.7. The van der Waals surface area contributed by atoms with Gasteiger partial charge in [-0.25, -0.2) is 0 Å². The molecule has 0 aliphatic heterocycles. The van der Waals surface area contributed by atoms with Gasteiger partial charge in [0, 0.05) is 12.8 Å². The summed E-state index contributed by atoms with van der Waals surface area (Å²) >= 11 is 3.11. The molecule has 0 saturated heterocycles. The molecule has 0 bridgehead atoms. The number of nitrogens with zero attached hydrogens (tertiary/aromatic N) is 1. The van der Waals surface area contributed by atoms with E-state index in [-0.39, 0.29) is 6.54 Å². The van der Waals surface area contributed by atoms with Crippen LogP contribution in [-0.4, -0.2) is 18.9 Å². The van der Waals surface area contributed by atoms with Gasteiger partial charge in [-0.3, -0.25) is 4.99 Å². The highest BCUT2D eigenvalue weighted by molar-refractivity contribution is 9.11. The first-order valence-corrected chi connectivity index (χ1v) is 4.10. The van der Waals surface area contributed by atoms with Gasteiger partial charge < -0.3 is 0 Å². The lowest BCUT2D eigenvalue weighted by atomic mass is 10.4. The van der Waals surface area contributed by atoms with Gasteiger partial charge in [-0.1, -0.05) is 15.9 Å². The minimum Gasteiger partial charge on any atom is -0.293 e. The largest absolute Gasteiger partial charge is 0.390 e. The molecular formula is C7H9BrF3N. The van der Waals surface area contributed by atoms with Crippen molar-refractivity contribution >= 4 is 22.1 Å². The second kappa shape index (κ2) is 5.35. The maximum atomic E-state index is 11.5. The van der Waals surface area contributed by atoms with E-state index in [9.17, 15) is 13.2 Å². The first-order chi connectivity index (χ1) is 5.42. The van der Waals surface area contributed by atoms with Gasteiger partial charge in [0.2, 0.25) is 0 Å². The lowest BCUT2D eigenvalue weighted by Gasteiger charge is -2.01. The molecule has 0 heterocycles. The number of rotatable bonds is 3. The van der Waals surface area contributed by atoms with Gasteiger partial charge >= 0.3 is 6.18 Å². The molecule has 5 heteroatoms. The second-order valence-corrected chi connectivity index (χ2v) is 3.42. The molecule has 0 spiro atoms. The summed E-state index contributed by atoms with van der Waals surface area (Å²) < 4.78 is 35.5. The van der Waals surface area contributed by atoms with Crippen LogP contribution in [0.4, 0.5) is 13.2 Å². The van der Waals surface area contributed by atoms with Crippen LogP contribution < -0.4 is 0 Å². The molecule has 0 unspecified atom stereocenters. The minimum atomic E-state index is -4.11. The van der Waals surface area contributed by atoms with Crippen molar-refractivity contribution in [1.82, 2.24) is 0 Å². The molecule has 0 aliphatic rings. The predicted molar refractivity (Wildman–Crippen MR) is 46.7 cm³/mol. The van der Waals surface area contributed by atoms with E-state index in [2.05, 4.69) is 20.9 Å². The molecule has 0 amide bonds. The van der Waals surface area contributed by atoms with E-state index in [1.165, 1.54) is 6.21 Å². The van der Waals surface area contributed by atoms with Gasteiger partial charge in [0.05, 0.1) is 6.42 Å². The number of halogens is 4. The van der Waals surface area contributed by atoms with Crippen LogP contribution in [0.1, 0.15) is 13.3 Å². The molecule has 0 N–H and O–H groups in total. The molecule has 0 radical (unpaired) electrons. The van der Waals surface area contributed by atoms with Crippen LogP contribution in [0, 0.1) is 0 Å². The monoisotopic (exact) mass is 243 g/mol. The molecule has 1 nitrogen and oxygen atoms in total. The lowest BCUT2D eigenvalue weighted by Crippen LogP contribution is -2.08.